The zero-order valence-electron chi connectivity index (χ0n) is 8.27. The molecule has 0 aliphatic heterocycles. The topological polar surface area (TPSA) is 65.9 Å². The van der Waals surface area contributed by atoms with Gasteiger partial charge >= 0.3 is 0 Å². The monoisotopic (exact) mass is 190 g/mol. The smallest absolute Gasteiger partial charge is 0.101 e. The number of nitriles is 1. The molecule has 0 bridgehead atoms. The van der Waals surface area contributed by atoms with E-state index in [1.807, 2.05) is 19.2 Å². The molecule has 0 saturated carbocycles. The van der Waals surface area contributed by atoms with Gasteiger partial charge in [0.25, 0.3) is 0 Å². The molecule has 0 aromatic carbocycles. The van der Waals surface area contributed by atoms with Crippen molar-refractivity contribution in [2.24, 2.45) is 5.73 Å². The fourth-order valence-corrected chi connectivity index (χ4v) is 1.16. The highest BCUT2D eigenvalue weighted by atomic mass is 15.1. The van der Waals surface area contributed by atoms with Crippen LogP contribution in [0.1, 0.15) is 11.3 Å². The molecule has 14 heavy (non-hydrogen) atoms. The van der Waals surface area contributed by atoms with Gasteiger partial charge in [-0.15, -0.1) is 0 Å². The van der Waals surface area contributed by atoms with Gasteiger partial charge in [-0.2, -0.15) is 5.26 Å². The second-order valence-corrected chi connectivity index (χ2v) is 3.18. The molecule has 0 aliphatic rings. The van der Waals surface area contributed by atoms with Crippen LogP contribution in [0, 0.1) is 11.3 Å². The molecule has 0 spiro atoms. The number of nitrogens with two attached hydrogens (primary N) is 1. The summed E-state index contributed by atoms with van der Waals surface area (Å²) in [5.41, 5.74) is 6.97. The summed E-state index contributed by atoms with van der Waals surface area (Å²) in [6.07, 6.45) is 1.59. The molecule has 1 heterocycles. The maximum atomic E-state index is 8.58. The Hall–Kier alpha value is -1.44. The largest absolute Gasteiger partial charge is 0.329 e. The van der Waals surface area contributed by atoms with E-state index in [4.69, 9.17) is 11.0 Å². The molecule has 4 heteroatoms. The number of nitrogens with zero attached hydrogens (tertiary/aromatic N) is 3. The molecule has 0 aliphatic carbocycles. The van der Waals surface area contributed by atoms with E-state index in [1.54, 1.807) is 12.3 Å². The minimum atomic E-state index is 0.593. The average molecular weight is 190 g/mol. The molecule has 4 nitrogen and oxygen atoms in total. The molecule has 1 aromatic heterocycles. The van der Waals surface area contributed by atoms with Crippen LogP contribution < -0.4 is 5.73 Å². The Morgan fingerprint density at radius 2 is 2.36 bits per heavy atom. The summed E-state index contributed by atoms with van der Waals surface area (Å²) in [6.45, 7) is 2.26. The van der Waals surface area contributed by atoms with E-state index >= 15 is 0 Å². The van der Waals surface area contributed by atoms with Gasteiger partial charge in [-0.05, 0) is 19.2 Å². The lowest BCUT2D eigenvalue weighted by atomic mass is 10.2. The highest BCUT2D eigenvalue weighted by Gasteiger charge is 2.00. The van der Waals surface area contributed by atoms with Crippen LogP contribution in [0.15, 0.2) is 18.3 Å². The van der Waals surface area contributed by atoms with Crippen LogP contribution in [-0.4, -0.2) is 30.0 Å². The van der Waals surface area contributed by atoms with Gasteiger partial charge in [-0.3, -0.25) is 9.88 Å². The lowest BCUT2D eigenvalue weighted by Crippen LogP contribution is -2.25. The third-order valence-electron chi connectivity index (χ3n) is 1.90. The van der Waals surface area contributed by atoms with Crippen LogP contribution in [0.2, 0.25) is 0 Å². The quantitative estimate of drug-likeness (QED) is 0.743. The first kappa shape index (κ1) is 10.6. The molecule has 1 aromatic rings. The van der Waals surface area contributed by atoms with E-state index in [1.165, 1.54) is 0 Å². The highest BCUT2D eigenvalue weighted by Crippen LogP contribution is 2.01. The maximum absolute atomic E-state index is 8.58. The van der Waals surface area contributed by atoms with Gasteiger partial charge in [0.05, 0.1) is 11.3 Å². The summed E-state index contributed by atoms with van der Waals surface area (Å²) >= 11 is 0. The number of hydrogen-bond acceptors (Lipinski definition) is 4. The Kier molecular flexibility index (Phi) is 4.05. The summed E-state index contributed by atoms with van der Waals surface area (Å²) in [7, 11) is 1.99. The molecule has 0 unspecified atom stereocenters. The molecule has 2 N–H and O–H groups in total. The fourth-order valence-electron chi connectivity index (χ4n) is 1.16. The van der Waals surface area contributed by atoms with Crippen molar-refractivity contribution in [2.75, 3.05) is 20.1 Å². The SMILES string of the molecule is CN(CCN)Cc1ccc(C#N)cn1. The highest BCUT2D eigenvalue weighted by molar-refractivity contribution is 5.26. The van der Waals surface area contributed by atoms with Gasteiger partial charge in [-0.1, -0.05) is 0 Å². The Bertz CT molecular complexity index is 312. The summed E-state index contributed by atoms with van der Waals surface area (Å²) in [6, 6.07) is 5.68. The van der Waals surface area contributed by atoms with Gasteiger partial charge in [-0.25, -0.2) is 0 Å². The van der Waals surface area contributed by atoms with Crippen LogP contribution in [0.5, 0.6) is 0 Å². The summed E-state index contributed by atoms with van der Waals surface area (Å²) in [5, 5.41) is 8.58. The predicted octanol–water partition coefficient (Wildman–Crippen LogP) is 0.344. The molecule has 0 saturated heterocycles. The second kappa shape index (κ2) is 5.32. The van der Waals surface area contributed by atoms with E-state index in [2.05, 4.69) is 9.88 Å². The molecular formula is C10H14N4. The number of aromatic nitrogens is 1. The van der Waals surface area contributed by atoms with Crippen LogP contribution in [0.4, 0.5) is 0 Å². The van der Waals surface area contributed by atoms with Crippen LogP contribution in [-0.2, 0) is 6.54 Å². The number of pyridine rings is 1. The van der Waals surface area contributed by atoms with Crippen LogP contribution in [0.25, 0.3) is 0 Å². The summed E-state index contributed by atoms with van der Waals surface area (Å²) < 4.78 is 0. The van der Waals surface area contributed by atoms with Gasteiger partial charge in [0, 0.05) is 25.8 Å². The van der Waals surface area contributed by atoms with Crippen molar-refractivity contribution in [1.82, 2.24) is 9.88 Å². The Morgan fingerprint density at radius 3 is 2.86 bits per heavy atom. The van der Waals surface area contributed by atoms with Crippen molar-refractivity contribution < 1.29 is 0 Å². The third-order valence-corrected chi connectivity index (χ3v) is 1.90. The molecular weight excluding hydrogens is 176 g/mol. The standard InChI is InChI=1S/C10H14N4/c1-14(5-4-11)8-10-3-2-9(6-12)7-13-10/h2-3,7H,4-5,8,11H2,1H3. The second-order valence-electron chi connectivity index (χ2n) is 3.18. The van der Waals surface area contributed by atoms with E-state index in [0.717, 1.165) is 18.8 Å². The van der Waals surface area contributed by atoms with Gasteiger partial charge in [0.1, 0.15) is 6.07 Å². The van der Waals surface area contributed by atoms with E-state index in [-0.39, 0.29) is 0 Å². The Labute approximate surface area is 84.0 Å². The molecule has 0 amide bonds. The van der Waals surface area contributed by atoms with Crippen molar-refractivity contribution in [3.05, 3.63) is 29.6 Å². The number of rotatable bonds is 4. The van der Waals surface area contributed by atoms with Crippen molar-refractivity contribution in [3.8, 4) is 6.07 Å². The van der Waals surface area contributed by atoms with Crippen molar-refractivity contribution in [2.45, 2.75) is 6.54 Å². The molecule has 1 rings (SSSR count). The van der Waals surface area contributed by atoms with Gasteiger partial charge < -0.3 is 5.73 Å². The molecule has 0 fully saturated rings. The van der Waals surface area contributed by atoms with Gasteiger partial charge in [0.2, 0.25) is 0 Å². The number of likely N-dealkylation sites (N-methyl/N-ethyl adjacent to an activating group) is 1. The molecule has 74 valence electrons. The molecule has 0 atom stereocenters. The Balaban J connectivity index is 2.56. The average Bonchev–Trinajstić information content (AvgIpc) is 2.19. The first-order valence-corrected chi connectivity index (χ1v) is 4.50. The zero-order chi connectivity index (χ0) is 10.4. The first-order chi connectivity index (χ1) is 6.76. The van der Waals surface area contributed by atoms with E-state index in [9.17, 15) is 0 Å². The van der Waals surface area contributed by atoms with Crippen LogP contribution in [0.3, 0.4) is 0 Å². The Morgan fingerprint density at radius 1 is 1.57 bits per heavy atom. The lowest BCUT2D eigenvalue weighted by molar-refractivity contribution is 0.332. The summed E-state index contributed by atoms with van der Waals surface area (Å²) in [4.78, 5) is 6.26. The third kappa shape index (κ3) is 3.13. The fraction of sp³-hybridized carbons (Fsp3) is 0.400. The van der Waals surface area contributed by atoms with Crippen LogP contribution >= 0.6 is 0 Å². The van der Waals surface area contributed by atoms with Crippen molar-refractivity contribution >= 4 is 0 Å². The van der Waals surface area contributed by atoms with Crippen molar-refractivity contribution in [1.29, 1.82) is 5.26 Å². The van der Waals surface area contributed by atoms with Crippen molar-refractivity contribution in [3.63, 3.8) is 0 Å². The number of hydrogen-bond donors (Lipinski definition) is 1. The zero-order valence-corrected chi connectivity index (χ0v) is 8.27. The minimum Gasteiger partial charge on any atom is -0.329 e. The van der Waals surface area contributed by atoms with E-state index in [0.29, 0.717) is 12.1 Å². The maximum Gasteiger partial charge on any atom is 0.101 e. The summed E-state index contributed by atoms with van der Waals surface area (Å²) in [5.74, 6) is 0. The molecule has 0 radical (unpaired) electrons. The predicted molar refractivity (Wildman–Crippen MR) is 54.3 cm³/mol. The normalized spacial score (nSPS) is 10.1. The minimum absolute atomic E-state index is 0.593. The van der Waals surface area contributed by atoms with E-state index < -0.39 is 0 Å². The first-order valence-electron chi connectivity index (χ1n) is 4.50. The van der Waals surface area contributed by atoms with Gasteiger partial charge in [0.15, 0.2) is 0 Å². The lowest BCUT2D eigenvalue weighted by Gasteiger charge is -2.14.